The first kappa shape index (κ1) is 8.06. The van der Waals surface area contributed by atoms with E-state index in [1.165, 1.54) is 5.56 Å². The third-order valence-corrected chi connectivity index (χ3v) is 1.86. The second-order valence-corrected chi connectivity index (χ2v) is 2.63. The minimum absolute atomic E-state index is 0. The summed E-state index contributed by atoms with van der Waals surface area (Å²) >= 11 is 0. The molecule has 1 aliphatic heterocycles. The number of hydrogen-bond donors (Lipinski definition) is 0. The monoisotopic (exact) mass is 145 g/mol. The Hall–Kier alpha value is -1.05. The summed E-state index contributed by atoms with van der Waals surface area (Å²) in [5.41, 5.74) is 2.48. The van der Waals surface area contributed by atoms with E-state index >= 15 is 0 Å². The second kappa shape index (κ2) is 2.91. The Morgan fingerprint density at radius 1 is 1.27 bits per heavy atom. The molecule has 2 heteroatoms. The van der Waals surface area contributed by atoms with Crippen LogP contribution in [0.3, 0.4) is 0 Å². The first-order chi connectivity index (χ1) is 4.88. The highest BCUT2D eigenvalue weighted by atomic mass is 14.8. The average Bonchev–Trinajstić information content (AvgIpc) is 2.34. The summed E-state index contributed by atoms with van der Waals surface area (Å²) < 4.78 is 0. The summed E-state index contributed by atoms with van der Waals surface area (Å²) in [6.45, 7) is 2.16. The molecule has 1 aliphatic rings. The first-order valence-corrected chi connectivity index (χ1v) is 3.51. The Balaban J connectivity index is 0.000000605. The van der Waals surface area contributed by atoms with Crippen LogP contribution in [0.4, 0.5) is 5.69 Å². The molecular formula is C9H12BN. The van der Waals surface area contributed by atoms with Crippen LogP contribution >= 0.6 is 0 Å². The van der Waals surface area contributed by atoms with Crippen molar-refractivity contribution in [2.24, 2.45) is 4.99 Å². The Morgan fingerprint density at radius 2 is 2.00 bits per heavy atom. The van der Waals surface area contributed by atoms with Crippen molar-refractivity contribution >= 4 is 20.3 Å². The Kier molecular flexibility index (Phi) is 2.13. The quantitative estimate of drug-likeness (QED) is 0.488. The summed E-state index contributed by atoms with van der Waals surface area (Å²) in [6.07, 6.45) is 1.99. The average molecular weight is 145 g/mol. The fourth-order valence-electron chi connectivity index (χ4n) is 1.26. The first-order valence-electron chi connectivity index (χ1n) is 3.51. The van der Waals surface area contributed by atoms with Gasteiger partial charge in [0.15, 0.2) is 0 Å². The van der Waals surface area contributed by atoms with Gasteiger partial charge in [0, 0.05) is 12.1 Å². The van der Waals surface area contributed by atoms with E-state index in [1.807, 2.05) is 12.3 Å². The molecule has 1 aromatic rings. The molecule has 0 aliphatic carbocycles. The lowest BCUT2D eigenvalue weighted by Crippen LogP contribution is -1.86. The fourth-order valence-corrected chi connectivity index (χ4v) is 1.26. The van der Waals surface area contributed by atoms with Gasteiger partial charge in [0.1, 0.15) is 0 Å². The number of rotatable bonds is 0. The lowest BCUT2D eigenvalue weighted by molar-refractivity contribution is 1.08. The van der Waals surface area contributed by atoms with E-state index in [4.69, 9.17) is 0 Å². The van der Waals surface area contributed by atoms with Crippen LogP contribution in [-0.2, 0) is 0 Å². The molecule has 1 nitrogen and oxygen atoms in total. The highest BCUT2D eigenvalue weighted by Crippen LogP contribution is 2.30. The van der Waals surface area contributed by atoms with E-state index in [9.17, 15) is 0 Å². The van der Waals surface area contributed by atoms with E-state index in [-0.39, 0.29) is 8.41 Å². The highest BCUT2D eigenvalue weighted by Gasteiger charge is 2.11. The molecule has 0 radical (unpaired) electrons. The molecule has 0 saturated carbocycles. The van der Waals surface area contributed by atoms with Gasteiger partial charge in [-0.15, -0.1) is 0 Å². The second-order valence-electron chi connectivity index (χ2n) is 2.63. The molecule has 0 saturated heterocycles. The van der Waals surface area contributed by atoms with Gasteiger partial charge in [0.05, 0.1) is 14.1 Å². The van der Waals surface area contributed by atoms with E-state index in [0.717, 1.165) is 5.69 Å². The van der Waals surface area contributed by atoms with Crippen LogP contribution < -0.4 is 0 Å². The van der Waals surface area contributed by atoms with Gasteiger partial charge >= 0.3 is 0 Å². The number of para-hydroxylation sites is 1. The molecule has 1 aromatic carbocycles. The third-order valence-electron chi connectivity index (χ3n) is 1.86. The predicted octanol–water partition coefficient (Wildman–Crippen LogP) is 1.32. The predicted molar refractivity (Wildman–Crippen MR) is 52.9 cm³/mol. The van der Waals surface area contributed by atoms with Crippen molar-refractivity contribution in [3.05, 3.63) is 29.8 Å². The smallest absolute Gasteiger partial charge is 0.0814 e. The van der Waals surface area contributed by atoms with Crippen molar-refractivity contribution in [2.75, 3.05) is 0 Å². The Morgan fingerprint density at radius 3 is 2.73 bits per heavy atom. The lowest BCUT2D eigenvalue weighted by atomic mass is 10.0. The van der Waals surface area contributed by atoms with Crippen LogP contribution in [0, 0.1) is 0 Å². The molecule has 0 bridgehead atoms. The van der Waals surface area contributed by atoms with Gasteiger partial charge in [-0.05, 0) is 11.6 Å². The van der Waals surface area contributed by atoms with E-state index in [1.54, 1.807) is 0 Å². The van der Waals surface area contributed by atoms with Gasteiger partial charge in [-0.2, -0.15) is 0 Å². The SMILES string of the molecule is B.CC1C=Nc2ccccc21. The molecular weight excluding hydrogens is 133 g/mol. The van der Waals surface area contributed by atoms with Crippen LogP contribution in [-0.4, -0.2) is 14.6 Å². The molecule has 1 heterocycles. The van der Waals surface area contributed by atoms with Crippen LogP contribution in [0.15, 0.2) is 29.3 Å². The maximum atomic E-state index is 4.26. The van der Waals surface area contributed by atoms with Crippen molar-refractivity contribution in [2.45, 2.75) is 12.8 Å². The summed E-state index contributed by atoms with van der Waals surface area (Å²) in [4.78, 5) is 4.26. The van der Waals surface area contributed by atoms with E-state index in [0.29, 0.717) is 5.92 Å². The minimum Gasteiger partial charge on any atom is -0.260 e. The maximum absolute atomic E-state index is 4.26. The van der Waals surface area contributed by atoms with Crippen molar-refractivity contribution in [3.63, 3.8) is 0 Å². The zero-order valence-corrected chi connectivity index (χ0v) is 5.91. The summed E-state index contributed by atoms with van der Waals surface area (Å²) in [5.74, 6) is 0.510. The van der Waals surface area contributed by atoms with Crippen LogP contribution in [0.1, 0.15) is 18.4 Å². The molecule has 11 heavy (non-hydrogen) atoms. The van der Waals surface area contributed by atoms with Crippen LogP contribution in [0.5, 0.6) is 0 Å². The van der Waals surface area contributed by atoms with Crippen molar-refractivity contribution in [3.8, 4) is 0 Å². The molecule has 2 rings (SSSR count). The molecule has 0 fully saturated rings. The third kappa shape index (κ3) is 1.21. The number of hydrogen-bond acceptors (Lipinski definition) is 1. The van der Waals surface area contributed by atoms with Gasteiger partial charge in [-0.1, -0.05) is 25.1 Å². The number of nitrogens with zero attached hydrogens (tertiary/aromatic N) is 1. The molecule has 1 unspecified atom stereocenters. The zero-order chi connectivity index (χ0) is 6.97. The molecule has 0 spiro atoms. The topological polar surface area (TPSA) is 12.4 Å². The fraction of sp³-hybridized carbons (Fsp3) is 0.222. The lowest BCUT2D eigenvalue weighted by Gasteiger charge is -1.99. The molecule has 1 atom stereocenters. The Labute approximate surface area is 68.7 Å². The van der Waals surface area contributed by atoms with Crippen LogP contribution in [0.2, 0.25) is 0 Å². The molecule has 56 valence electrons. The Bertz CT molecular complexity index is 281. The number of aliphatic imine (C=N–C) groups is 1. The van der Waals surface area contributed by atoms with Gasteiger partial charge in [-0.3, -0.25) is 4.99 Å². The van der Waals surface area contributed by atoms with Gasteiger partial charge < -0.3 is 0 Å². The number of benzene rings is 1. The summed E-state index contributed by atoms with van der Waals surface area (Å²) in [6, 6.07) is 8.26. The maximum Gasteiger partial charge on any atom is 0.0814 e. The van der Waals surface area contributed by atoms with E-state index < -0.39 is 0 Å². The van der Waals surface area contributed by atoms with Gasteiger partial charge in [0.2, 0.25) is 0 Å². The largest absolute Gasteiger partial charge is 0.260 e. The van der Waals surface area contributed by atoms with Crippen molar-refractivity contribution < 1.29 is 0 Å². The standard InChI is InChI=1S/C9H9N.BH3/c1-7-6-10-9-5-3-2-4-8(7)9;/h2-7H,1H3;1H3. The number of fused-ring (bicyclic) bond motifs is 1. The normalized spacial score (nSPS) is 19.2. The van der Waals surface area contributed by atoms with Gasteiger partial charge in [-0.25, -0.2) is 0 Å². The summed E-state index contributed by atoms with van der Waals surface area (Å²) in [7, 11) is 0. The van der Waals surface area contributed by atoms with Crippen molar-refractivity contribution in [1.82, 2.24) is 0 Å². The minimum atomic E-state index is 0. The van der Waals surface area contributed by atoms with Crippen molar-refractivity contribution in [1.29, 1.82) is 0 Å². The molecule has 0 amide bonds. The summed E-state index contributed by atoms with van der Waals surface area (Å²) in [5, 5.41) is 0. The zero-order valence-electron chi connectivity index (χ0n) is 5.91. The molecule has 0 aromatic heterocycles. The van der Waals surface area contributed by atoms with E-state index in [2.05, 4.69) is 30.1 Å². The highest BCUT2D eigenvalue weighted by molar-refractivity contribution is 5.79. The molecule has 0 N–H and O–H groups in total. The van der Waals surface area contributed by atoms with Gasteiger partial charge in [0.25, 0.3) is 0 Å². The van der Waals surface area contributed by atoms with Crippen LogP contribution in [0.25, 0.3) is 0 Å².